The number of H-pyrrole nitrogens is 1. The molecule has 1 fully saturated rings. The zero-order valence-corrected chi connectivity index (χ0v) is 16.0. The summed E-state index contributed by atoms with van der Waals surface area (Å²) in [6.45, 7) is 1.72. The van der Waals surface area contributed by atoms with Gasteiger partial charge in [-0.25, -0.2) is 5.10 Å². The molecule has 144 valence electrons. The Kier molecular flexibility index (Phi) is 5.15. The number of hydrogen-bond acceptors (Lipinski definition) is 4. The Morgan fingerprint density at radius 1 is 1.11 bits per heavy atom. The van der Waals surface area contributed by atoms with Crippen LogP contribution in [0.15, 0.2) is 53.3 Å². The second kappa shape index (κ2) is 7.73. The quantitative estimate of drug-likeness (QED) is 0.708. The van der Waals surface area contributed by atoms with Gasteiger partial charge < -0.3 is 10.1 Å². The summed E-state index contributed by atoms with van der Waals surface area (Å²) in [5, 5.41) is 11.1. The molecular formula is C21H20ClN3O3. The van der Waals surface area contributed by atoms with Crippen molar-refractivity contribution in [3.8, 4) is 0 Å². The molecule has 1 aliphatic rings. The molecule has 1 amide bonds. The second-order valence-electron chi connectivity index (χ2n) is 7.03. The van der Waals surface area contributed by atoms with E-state index in [0.29, 0.717) is 35.6 Å². The number of hydrogen-bond donors (Lipinski definition) is 2. The Morgan fingerprint density at radius 2 is 1.79 bits per heavy atom. The first kappa shape index (κ1) is 18.7. The number of fused-ring (bicyclic) bond motifs is 1. The molecule has 2 aromatic carbocycles. The lowest BCUT2D eigenvalue weighted by Crippen LogP contribution is -2.44. The molecule has 1 saturated heterocycles. The fraction of sp³-hybridized carbons (Fsp3) is 0.286. The smallest absolute Gasteiger partial charge is 0.272 e. The molecule has 0 bridgehead atoms. The first-order chi connectivity index (χ1) is 13.6. The summed E-state index contributed by atoms with van der Waals surface area (Å²) in [6.07, 6.45) is 1.60. The lowest BCUT2D eigenvalue weighted by Gasteiger charge is -2.38. The Hall–Kier alpha value is -2.70. The number of nitrogens with zero attached hydrogens (tertiary/aromatic N) is 1. The van der Waals surface area contributed by atoms with Crippen molar-refractivity contribution in [1.82, 2.24) is 15.5 Å². The minimum absolute atomic E-state index is 0.216. The van der Waals surface area contributed by atoms with Gasteiger partial charge in [0.05, 0.1) is 5.39 Å². The van der Waals surface area contributed by atoms with Crippen LogP contribution in [0.25, 0.3) is 10.8 Å². The molecular weight excluding hydrogens is 378 g/mol. The van der Waals surface area contributed by atoms with Gasteiger partial charge in [0, 0.05) is 35.6 Å². The van der Waals surface area contributed by atoms with Crippen LogP contribution in [0.2, 0.25) is 5.02 Å². The fourth-order valence-electron chi connectivity index (χ4n) is 3.75. The van der Waals surface area contributed by atoms with E-state index in [-0.39, 0.29) is 22.6 Å². The molecule has 4 rings (SSSR count). The first-order valence-corrected chi connectivity index (χ1v) is 9.56. The van der Waals surface area contributed by atoms with E-state index in [1.807, 2.05) is 24.3 Å². The first-order valence-electron chi connectivity index (χ1n) is 9.18. The number of nitrogens with one attached hydrogen (secondary N) is 2. The number of amides is 1. The summed E-state index contributed by atoms with van der Waals surface area (Å²) in [6, 6.07) is 14.7. The molecule has 28 heavy (non-hydrogen) atoms. The van der Waals surface area contributed by atoms with Crippen molar-refractivity contribution in [1.29, 1.82) is 0 Å². The van der Waals surface area contributed by atoms with Crippen LogP contribution in [0.4, 0.5) is 0 Å². The summed E-state index contributed by atoms with van der Waals surface area (Å²) in [4.78, 5) is 24.8. The van der Waals surface area contributed by atoms with E-state index in [2.05, 4.69) is 15.5 Å². The summed E-state index contributed by atoms with van der Waals surface area (Å²) >= 11 is 6.04. The lowest BCUT2D eigenvalue weighted by atomic mass is 9.74. The topological polar surface area (TPSA) is 84.1 Å². The normalized spacial score (nSPS) is 16.0. The second-order valence-corrected chi connectivity index (χ2v) is 7.47. The highest BCUT2D eigenvalue weighted by atomic mass is 35.5. The van der Waals surface area contributed by atoms with E-state index in [0.717, 1.165) is 18.4 Å². The van der Waals surface area contributed by atoms with Gasteiger partial charge in [-0.3, -0.25) is 9.59 Å². The number of carbonyl (C=O) groups is 1. The third kappa shape index (κ3) is 3.53. The van der Waals surface area contributed by atoms with Gasteiger partial charge in [0.1, 0.15) is 0 Å². The van der Waals surface area contributed by atoms with Gasteiger partial charge in [-0.1, -0.05) is 41.9 Å². The molecule has 3 aromatic rings. The minimum atomic E-state index is -0.313. The Labute approximate surface area is 166 Å². The van der Waals surface area contributed by atoms with E-state index >= 15 is 0 Å². The van der Waals surface area contributed by atoms with Crippen molar-refractivity contribution in [2.45, 2.75) is 18.3 Å². The largest absolute Gasteiger partial charge is 0.381 e. The van der Waals surface area contributed by atoms with Crippen LogP contribution in [0.5, 0.6) is 0 Å². The Balaban J connectivity index is 1.61. The molecule has 1 aromatic heterocycles. The molecule has 2 heterocycles. The van der Waals surface area contributed by atoms with Crippen LogP contribution in [0.1, 0.15) is 28.9 Å². The molecule has 0 atom stereocenters. The molecule has 0 spiro atoms. The van der Waals surface area contributed by atoms with Crippen LogP contribution in [0.3, 0.4) is 0 Å². The zero-order valence-electron chi connectivity index (χ0n) is 15.2. The average molecular weight is 398 g/mol. The highest BCUT2D eigenvalue weighted by Crippen LogP contribution is 2.35. The molecule has 1 aliphatic heterocycles. The van der Waals surface area contributed by atoms with Crippen LogP contribution in [-0.2, 0) is 10.2 Å². The molecule has 7 heteroatoms. The SMILES string of the molecule is O=C(NCC1(c2ccc(Cl)cc2)CCOCC1)c1n[nH]c(=O)c2ccccc12. The molecule has 0 radical (unpaired) electrons. The van der Waals surface area contributed by atoms with Gasteiger partial charge >= 0.3 is 0 Å². The van der Waals surface area contributed by atoms with Gasteiger partial charge in [0.15, 0.2) is 5.69 Å². The highest BCUT2D eigenvalue weighted by Gasteiger charge is 2.35. The van der Waals surface area contributed by atoms with Crippen molar-refractivity contribution in [3.05, 3.63) is 75.2 Å². The van der Waals surface area contributed by atoms with E-state index in [4.69, 9.17) is 16.3 Å². The van der Waals surface area contributed by atoms with Gasteiger partial charge in [-0.15, -0.1) is 0 Å². The number of aromatic amines is 1. The van der Waals surface area contributed by atoms with E-state index in [1.54, 1.807) is 24.3 Å². The van der Waals surface area contributed by atoms with E-state index in [9.17, 15) is 9.59 Å². The van der Waals surface area contributed by atoms with Gasteiger partial charge in [0.25, 0.3) is 11.5 Å². The van der Waals surface area contributed by atoms with E-state index < -0.39 is 0 Å². The molecule has 6 nitrogen and oxygen atoms in total. The predicted molar refractivity (Wildman–Crippen MR) is 108 cm³/mol. The zero-order chi connectivity index (χ0) is 19.6. The van der Waals surface area contributed by atoms with Crippen molar-refractivity contribution >= 4 is 28.3 Å². The van der Waals surface area contributed by atoms with Crippen molar-refractivity contribution in [2.75, 3.05) is 19.8 Å². The summed E-state index contributed by atoms with van der Waals surface area (Å²) in [5.41, 5.74) is 0.804. The molecule has 0 aliphatic carbocycles. The third-order valence-electron chi connectivity index (χ3n) is 5.40. The van der Waals surface area contributed by atoms with Crippen LogP contribution < -0.4 is 10.9 Å². The monoisotopic (exact) mass is 397 g/mol. The third-order valence-corrected chi connectivity index (χ3v) is 5.66. The van der Waals surface area contributed by atoms with Crippen LogP contribution >= 0.6 is 11.6 Å². The maximum atomic E-state index is 12.9. The van der Waals surface area contributed by atoms with Crippen molar-refractivity contribution < 1.29 is 9.53 Å². The summed E-state index contributed by atoms with van der Waals surface area (Å²) in [5.74, 6) is -0.313. The van der Waals surface area contributed by atoms with Gasteiger partial charge in [0.2, 0.25) is 0 Å². The molecule has 0 unspecified atom stereocenters. The Bertz CT molecular complexity index is 1060. The van der Waals surface area contributed by atoms with Crippen molar-refractivity contribution in [3.63, 3.8) is 0 Å². The molecule has 2 N–H and O–H groups in total. The number of ether oxygens (including phenoxy) is 1. The lowest BCUT2D eigenvalue weighted by molar-refractivity contribution is 0.0487. The number of aromatic nitrogens is 2. The maximum Gasteiger partial charge on any atom is 0.272 e. The van der Waals surface area contributed by atoms with E-state index in [1.165, 1.54) is 0 Å². The van der Waals surface area contributed by atoms with Crippen LogP contribution in [-0.4, -0.2) is 35.9 Å². The van der Waals surface area contributed by atoms with Gasteiger partial charge in [-0.05, 0) is 36.6 Å². The fourth-order valence-corrected chi connectivity index (χ4v) is 3.88. The van der Waals surface area contributed by atoms with Gasteiger partial charge in [-0.2, -0.15) is 5.10 Å². The number of benzene rings is 2. The standard InChI is InChI=1S/C21H20ClN3O3/c22-15-7-5-14(6-8-15)21(9-11-28-12-10-21)13-23-20(27)18-16-3-1-2-4-17(16)19(26)25-24-18/h1-8H,9-13H2,(H,23,27)(H,25,26). The number of rotatable bonds is 4. The number of halogens is 1. The highest BCUT2D eigenvalue weighted by molar-refractivity contribution is 6.30. The summed E-state index contributed by atoms with van der Waals surface area (Å²) < 4.78 is 5.54. The summed E-state index contributed by atoms with van der Waals surface area (Å²) in [7, 11) is 0. The maximum absolute atomic E-state index is 12.9. The van der Waals surface area contributed by atoms with Crippen LogP contribution in [0, 0.1) is 0 Å². The number of carbonyl (C=O) groups excluding carboxylic acids is 1. The Morgan fingerprint density at radius 3 is 2.50 bits per heavy atom. The minimum Gasteiger partial charge on any atom is -0.381 e. The average Bonchev–Trinajstić information content (AvgIpc) is 2.74. The molecule has 0 saturated carbocycles. The predicted octanol–water partition coefficient (Wildman–Crippen LogP) is 3.05. The van der Waals surface area contributed by atoms with Crippen molar-refractivity contribution in [2.24, 2.45) is 0 Å².